The van der Waals surface area contributed by atoms with E-state index in [-0.39, 0.29) is 11.5 Å². The van der Waals surface area contributed by atoms with Gasteiger partial charge in [-0.25, -0.2) is 0 Å². The molecule has 0 spiro atoms. The Bertz CT molecular complexity index is 568. The first-order valence-corrected chi connectivity index (χ1v) is 5.80. The average molecular weight is 259 g/mol. The monoisotopic (exact) mass is 258 g/mol. The lowest BCUT2D eigenvalue weighted by molar-refractivity contribution is 0.104. The van der Waals surface area contributed by atoms with Gasteiger partial charge in [0.1, 0.15) is 5.75 Å². The highest BCUT2D eigenvalue weighted by molar-refractivity contribution is 6.30. The van der Waals surface area contributed by atoms with E-state index in [9.17, 15) is 4.79 Å². The summed E-state index contributed by atoms with van der Waals surface area (Å²) >= 11 is 5.77. The first-order chi connectivity index (χ1) is 8.65. The highest BCUT2D eigenvalue weighted by atomic mass is 35.5. The summed E-state index contributed by atoms with van der Waals surface area (Å²) in [6.45, 7) is 0. The van der Waals surface area contributed by atoms with Crippen molar-refractivity contribution in [1.82, 2.24) is 0 Å². The summed E-state index contributed by atoms with van der Waals surface area (Å²) < 4.78 is 0. The fourth-order valence-corrected chi connectivity index (χ4v) is 1.59. The Kier molecular flexibility index (Phi) is 3.80. The highest BCUT2D eigenvalue weighted by Crippen LogP contribution is 2.13. The normalized spacial score (nSPS) is 10.7. The van der Waals surface area contributed by atoms with Crippen LogP contribution in [-0.2, 0) is 0 Å². The van der Waals surface area contributed by atoms with E-state index in [0.717, 1.165) is 5.56 Å². The molecule has 0 unspecified atom stereocenters. The van der Waals surface area contributed by atoms with Crippen LogP contribution < -0.4 is 0 Å². The minimum Gasteiger partial charge on any atom is -0.508 e. The van der Waals surface area contributed by atoms with Gasteiger partial charge in [-0.15, -0.1) is 0 Å². The van der Waals surface area contributed by atoms with Crippen LogP contribution in [0.2, 0.25) is 5.02 Å². The molecule has 0 fully saturated rings. The first kappa shape index (κ1) is 12.4. The van der Waals surface area contributed by atoms with Gasteiger partial charge in [0.05, 0.1) is 0 Å². The van der Waals surface area contributed by atoms with Crippen molar-refractivity contribution >= 4 is 23.5 Å². The number of carbonyl (C=O) groups is 1. The van der Waals surface area contributed by atoms with E-state index < -0.39 is 0 Å². The smallest absolute Gasteiger partial charge is 0.185 e. The maximum absolute atomic E-state index is 11.8. The number of phenolic OH excluding ortho intramolecular Hbond substituents is 1. The van der Waals surface area contributed by atoms with Crippen LogP contribution in [-0.4, -0.2) is 10.9 Å². The van der Waals surface area contributed by atoms with Crippen molar-refractivity contribution in [2.24, 2.45) is 0 Å². The molecule has 3 heteroatoms. The molecule has 90 valence electrons. The van der Waals surface area contributed by atoms with Gasteiger partial charge in [-0.2, -0.15) is 0 Å². The molecule has 0 aromatic heterocycles. The topological polar surface area (TPSA) is 37.3 Å². The Balaban J connectivity index is 2.11. The number of hydrogen-bond acceptors (Lipinski definition) is 2. The quantitative estimate of drug-likeness (QED) is 0.669. The van der Waals surface area contributed by atoms with Crippen LogP contribution in [0.4, 0.5) is 0 Å². The molecule has 2 rings (SSSR count). The molecule has 0 aliphatic rings. The summed E-state index contributed by atoms with van der Waals surface area (Å²) in [7, 11) is 0. The summed E-state index contributed by atoms with van der Waals surface area (Å²) in [6, 6.07) is 13.4. The maximum Gasteiger partial charge on any atom is 0.185 e. The van der Waals surface area contributed by atoms with Crippen LogP contribution in [0.15, 0.2) is 54.6 Å². The summed E-state index contributed by atoms with van der Waals surface area (Å²) in [4.78, 5) is 11.8. The van der Waals surface area contributed by atoms with Crippen molar-refractivity contribution < 1.29 is 9.90 Å². The molecule has 2 aromatic rings. The van der Waals surface area contributed by atoms with Crippen molar-refractivity contribution in [1.29, 1.82) is 0 Å². The van der Waals surface area contributed by atoms with Gasteiger partial charge in [0.2, 0.25) is 0 Å². The molecule has 0 saturated carbocycles. The second-order valence-electron chi connectivity index (χ2n) is 3.80. The SMILES string of the molecule is O=C(/C=C\c1ccc(Cl)cc1)c1ccc(O)cc1. The highest BCUT2D eigenvalue weighted by Gasteiger charge is 2.00. The van der Waals surface area contributed by atoms with E-state index in [1.807, 2.05) is 12.1 Å². The number of benzene rings is 2. The van der Waals surface area contributed by atoms with Gasteiger partial charge < -0.3 is 5.11 Å². The number of allylic oxidation sites excluding steroid dienone is 1. The number of hydrogen-bond donors (Lipinski definition) is 1. The Morgan fingerprint density at radius 1 is 1.00 bits per heavy atom. The van der Waals surface area contributed by atoms with E-state index in [4.69, 9.17) is 16.7 Å². The third-order valence-corrected chi connectivity index (χ3v) is 2.70. The predicted octanol–water partition coefficient (Wildman–Crippen LogP) is 3.94. The van der Waals surface area contributed by atoms with Gasteiger partial charge in [0, 0.05) is 10.6 Å². The van der Waals surface area contributed by atoms with Crippen LogP contribution in [0.5, 0.6) is 5.75 Å². The van der Waals surface area contributed by atoms with Crippen LogP contribution in [0.3, 0.4) is 0 Å². The van der Waals surface area contributed by atoms with Crippen molar-refractivity contribution in [3.05, 3.63) is 70.8 Å². The van der Waals surface area contributed by atoms with Gasteiger partial charge in [-0.1, -0.05) is 29.8 Å². The van der Waals surface area contributed by atoms with E-state index in [2.05, 4.69) is 0 Å². The van der Waals surface area contributed by atoms with E-state index in [1.54, 1.807) is 30.3 Å². The van der Waals surface area contributed by atoms with Gasteiger partial charge in [0.25, 0.3) is 0 Å². The minimum atomic E-state index is -0.107. The molecule has 0 saturated heterocycles. The first-order valence-electron chi connectivity index (χ1n) is 5.42. The lowest BCUT2D eigenvalue weighted by Gasteiger charge is -1.96. The zero-order valence-electron chi connectivity index (χ0n) is 9.51. The number of carbonyl (C=O) groups excluding carboxylic acids is 1. The number of halogens is 1. The van der Waals surface area contributed by atoms with Crippen molar-refractivity contribution in [3.63, 3.8) is 0 Å². The lowest BCUT2D eigenvalue weighted by Crippen LogP contribution is -1.92. The van der Waals surface area contributed by atoms with Crippen molar-refractivity contribution in [2.45, 2.75) is 0 Å². The Morgan fingerprint density at radius 2 is 1.61 bits per heavy atom. The second-order valence-corrected chi connectivity index (χ2v) is 4.23. The van der Waals surface area contributed by atoms with Gasteiger partial charge in [-0.05, 0) is 48.0 Å². The van der Waals surface area contributed by atoms with Crippen molar-refractivity contribution in [3.8, 4) is 5.75 Å². The number of phenols is 1. The van der Waals surface area contributed by atoms with E-state index >= 15 is 0 Å². The second kappa shape index (κ2) is 5.52. The summed E-state index contributed by atoms with van der Waals surface area (Å²) in [5.74, 6) is 0.0400. The molecular formula is C15H11ClO2. The summed E-state index contributed by atoms with van der Waals surface area (Å²) in [5.41, 5.74) is 1.45. The molecular weight excluding hydrogens is 248 g/mol. The Hall–Kier alpha value is -2.06. The Labute approximate surface area is 110 Å². The van der Waals surface area contributed by atoms with Gasteiger partial charge >= 0.3 is 0 Å². The zero-order chi connectivity index (χ0) is 13.0. The molecule has 0 atom stereocenters. The van der Waals surface area contributed by atoms with Crippen LogP contribution in [0.1, 0.15) is 15.9 Å². The molecule has 0 radical (unpaired) electrons. The molecule has 18 heavy (non-hydrogen) atoms. The standard InChI is InChI=1S/C15H11ClO2/c16-13-6-1-11(2-7-13)3-10-15(18)12-4-8-14(17)9-5-12/h1-10,17H/b10-3-. The number of ketones is 1. The molecule has 1 N–H and O–H groups in total. The van der Waals surface area contributed by atoms with E-state index in [1.165, 1.54) is 18.2 Å². The lowest BCUT2D eigenvalue weighted by atomic mass is 10.1. The largest absolute Gasteiger partial charge is 0.508 e. The number of rotatable bonds is 3. The fraction of sp³-hybridized carbons (Fsp3) is 0. The number of aromatic hydroxyl groups is 1. The molecule has 0 aliphatic heterocycles. The van der Waals surface area contributed by atoms with Gasteiger partial charge in [0.15, 0.2) is 5.78 Å². The third kappa shape index (κ3) is 3.22. The summed E-state index contributed by atoms with van der Waals surface area (Å²) in [5, 5.41) is 9.79. The molecule has 0 amide bonds. The minimum absolute atomic E-state index is 0.107. The molecule has 0 heterocycles. The van der Waals surface area contributed by atoms with Gasteiger partial charge in [-0.3, -0.25) is 4.79 Å². The zero-order valence-corrected chi connectivity index (χ0v) is 10.3. The van der Waals surface area contributed by atoms with Crippen LogP contribution >= 0.6 is 11.6 Å². The van der Waals surface area contributed by atoms with Crippen LogP contribution in [0.25, 0.3) is 6.08 Å². The molecule has 0 bridgehead atoms. The summed E-state index contributed by atoms with van der Waals surface area (Å²) in [6.07, 6.45) is 3.22. The molecule has 0 aliphatic carbocycles. The third-order valence-electron chi connectivity index (χ3n) is 2.45. The average Bonchev–Trinajstić information content (AvgIpc) is 2.38. The predicted molar refractivity (Wildman–Crippen MR) is 72.9 cm³/mol. The molecule has 2 aromatic carbocycles. The van der Waals surface area contributed by atoms with E-state index in [0.29, 0.717) is 10.6 Å². The van der Waals surface area contributed by atoms with Crippen molar-refractivity contribution in [2.75, 3.05) is 0 Å². The maximum atomic E-state index is 11.8. The fourth-order valence-electron chi connectivity index (χ4n) is 1.47. The van der Waals surface area contributed by atoms with Crippen LogP contribution in [0, 0.1) is 0 Å². The molecule has 2 nitrogen and oxygen atoms in total. The Morgan fingerprint density at radius 3 is 2.22 bits per heavy atom.